The fourth-order valence-corrected chi connectivity index (χ4v) is 2.63. The molecular formula is C16H18BrClN6O. The van der Waals surface area contributed by atoms with Crippen molar-refractivity contribution in [3.8, 4) is 0 Å². The molecule has 0 spiro atoms. The van der Waals surface area contributed by atoms with Gasteiger partial charge in [-0.3, -0.25) is 4.79 Å². The minimum atomic E-state index is -0.228. The Morgan fingerprint density at radius 2 is 2.04 bits per heavy atom. The lowest BCUT2D eigenvalue weighted by Crippen LogP contribution is -2.33. The van der Waals surface area contributed by atoms with E-state index >= 15 is 0 Å². The first-order chi connectivity index (χ1) is 11.7. The van der Waals surface area contributed by atoms with Gasteiger partial charge in [-0.25, -0.2) is 9.50 Å². The van der Waals surface area contributed by atoms with Gasteiger partial charge in [-0.05, 0) is 34.5 Å². The molecule has 0 saturated carbocycles. The van der Waals surface area contributed by atoms with E-state index in [1.165, 1.54) is 4.52 Å². The molecule has 0 fully saturated rings. The zero-order valence-corrected chi connectivity index (χ0v) is 15.8. The van der Waals surface area contributed by atoms with Crippen LogP contribution in [0.2, 0.25) is 0 Å². The summed E-state index contributed by atoms with van der Waals surface area (Å²) in [7, 11) is 0. The molecule has 0 bridgehead atoms. The van der Waals surface area contributed by atoms with Gasteiger partial charge < -0.3 is 10.6 Å². The summed E-state index contributed by atoms with van der Waals surface area (Å²) < 4.78 is 2.25. The van der Waals surface area contributed by atoms with Crippen LogP contribution in [0.15, 0.2) is 47.2 Å². The summed E-state index contributed by atoms with van der Waals surface area (Å²) in [6.07, 6.45) is 4.05. The number of halogens is 2. The van der Waals surface area contributed by atoms with Crippen LogP contribution in [0.25, 0.3) is 5.78 Å². The highest BCUT2D eigenvalue weighted by Gasteiger charge is 2.21. The Kier molecular flexibility index (Phi) is 6.86. The van der Waals surface area contributed by atoms with Gasteiger partial charge in [0.1, 0.15) is 0 Å². The predicted molar refractivity (Wildman–Crippen MR) is 101 cm³/mol. The number of hydrogen-bond acceptors (Lipinski definition) is 5. The first-order valence-electron chi connectivity index (χ1n) is 7.58. The second-order valence-electron chi connectivity index (χ2n) is 5.31. The monoisotopic (exact) mass is 424 g/mol. The maximum atomic E-state index is 12.8. The Hall–Kier alpha value is -2.03. The van der Waals surface area contributed by atoms with E-state index in [4.69, 9.17) is 5.73 Å². The molecule has 7 nitrogen and oxygen atoms in total. The average Bonchev–Trinajstić information content (AvgIpc) is 3.02. The van der Waals surface area contributed by atoms with Crippen molar-refractivity contribution in [1.29, 1.82) is 0 Å². The Balaban J connectivity index is 0.00000225. The lowest BCUT2D eigenvalue weighted by molar-refractivity contribution is 0.0730. The molecule has 0 radical (unpaired) electrons. The molecule has 0 atom stereocenters. The van der Waals surface area contributed by atoms with Crippen LogP contribution < -0.4 is 5.73 Å². The van der Waals surface area contributed by atoms with Gasteiger partial charge in [0.15, 0.2) is 0 Å². The van der Waals surface area contributed by atoms with Crippen LogP contribution in [0, 0.1) is 0 Å². The minimum absolute atomic E-state index is 0. The topological polar surface area (TPSA) is 89.4 Å². The van der Waals surface area contributed by atoms with Gasteiger partial charge in [0.05, 0.1) is 4.47 Å². The maximum absolute atomic E-state index is 12.8. The van der Waals surface area contributed by atoms with Crippen LogP contribution in [-0.2, 0) is 6.54 Å². The van der Waals surface area contributed by atoms with Crippen molar-refractivity contribution in [3.63, 3.8) is 0 Å². The number of fused-ring (bicyclic) bond motifs is 1. The summed E-state index contributed by atoms with van der Waals surface area (Å²) >= 11 is 3.33. The van der Waals surface area contributed by atoms with Gasteiger partial charge in [-0.15, -0.1) is 17.5 Å². The van der Waals surface area contributed by atoms with Crippen LogP contribution in [0.3, 0.4) is 0 Å². The molecule has 0 unspecified atom stereocenters. The first kappa shape index (κ1) is 19.3. The quantitative estimate of drug-likeness (QED) is 0.654. The van der Waals surface area contributed by atoms with Crippen LogP contribution in [0.5, 0.6) is 0 Å². The third kappa shape index (κ3) is 4.75. The fourth-order valence-electron chi connectivity index (χ4n) is 2.33. The van der Waals surface area contributed by atoms with Crippen molar-refractivity contribution in [2.45, 2.75) is 13.0 Å². The molecule has 3 aromatic rings. The van der Waals surface area contributed by atoms with Gasteiger partial charge in [0.2, 0.25) is 5.82 Å². The molecule has 1 amide bonds. The SMILES string of the molecule is Cl.NCCCN(Cc1ccccc1)C(=O)c1nc2ncc(Br)cn2n1. The van der Waals surface area contributed by atoms with Gasteiger partial charge in [0.25, 0.3) is 11.7 Å². The lowest BCUT2D eigenvalue weighted by Gasteiger charge is -2.21. The van der Waals surface area contributed by atoms with Crippen molar-refractivity contribution in [2.75, 3.05) is 13.1 Å². The van der Waals surface area contributed by atoms with Gasteiger partial charge in [-0.1, -0.05) is 30.3 Å². The molecule has 2 aromatic heterocycles. The zero-order valence-electron chi connectivity index (χ0n) is 13.4. The molecule has 1 aromatic carbocycles. The number of rotatable bonds is 6. The van der Waals surface area contributed by atoms with E-state index in [9.17, 15) is 4.79 Å². The second-order valence-corrected chi connectivity index (χ2v) is 6.22. The highest BCUT2D eigenvalue weighted by atomic mass is 79.9. The fraction of sp³-hybridized carbons (Fsp3) is 0.250. The molecule has 0 aliphatic rings. The van der Waals surface area contributed by atoms with Gasteiger partial charge >= 0.3 is 0 Å². The largest absolute Gasteiger partial charge is 0.331 e. The molecule has 132 valence electrons. The van der Waals surface area contributed by atoms with Gasteiger partial charge in [-0.2, -0.15) is 4.98 Å². The minimum Gasteiger partial charge on any atom is -0.331 e. The third-order valence-electron chi connectivity index (χ3n) is 3.49. The highest BCUT2D eigenvalue weighted by Crippen LogP contribution is 2.11. The number of hydrogen-bond donors (Lipinski definition) is 1. The normalized spacial score (nSPS) is 10.5. The van der Waals surface area contributed by atoms with E-state index in [0.29, 0.717) is 25.4 Å². The molecular weight excluding hydrogens is 408 g/mol. The van der Waals surface area contributed by atoms with Gasteiger partial charge in [0, 0.05) is 25.5 Å². The average molecular weight is 426 g/mol. The maximum Gasteiger partial charge on any atom is 0.293 e. The van der Waals surface area contributed by atoms with Crippen LogP contribution in [0.1, 0.15) is 22.6 Å². The van der Waals surface area contributed by atoms with Crippen LogP contribution in [0.4, 0.5) is 0 Å². The molecule has 9 heteroatoms. The molecule has 2 N–H and O–H groups in total. The van der Waals surface area contributed by atoms with Crippen molar-refractivity contribution in [1.82, 2.24) is 24.5 Å². The molecule has 0 saturated heterocycles. The number of amides is 1. The molecule has 25 heavy (non-hydrogen) atoms. The van der Waals surface area contributed by atoms with E-state index in [2.05, 4.69) is 31.0 Å². The standard InChI is InChI=1S/C16H17BrN6O.ClH/c17-13-9-19-16-20-14(21-23(16)11-13)15(24)22(8-4-7-18)10-12-5-2-1-3-6-12;/h1-3,5-6,9,11H,4,7-8,10,18H2;1H. The number of nitrogens with zero attached hydrogens (tertiary/aromatic N) is 5. The third-order valence-corrected chi connectivity index (χ3v) is 3.90. The Labute approximate surface area is 159 Å². The number of carbonyl (C=O) groups is 1. The zero-order chi connectivity index (χ0) is 16.9. The number of carbonyl (C=O) groups excluding carboxylic acids is 1. The smallest absolute Gasteiger partial charge is 0.293 e. The Morgan fingerprint density at radius 1 is 1.28 bits per heavy atom. The van der Waals surface area contributed by atoms with Crippen molar-refractivity contribution in [3.05, 3.63) is 58.6 Å². The van der Waals surface area contributed by atoms with Crippen molar-refractivity contribution < 1.29 is 4.79 Å². The van der Waals surface area contributed by atoms with E-state index in [1.807, 2.05) is 30.3 Å². The number of nitrogens with two attached hydrogens (primary N) is 1. The molecule has 0 aliphatic carbocycles. The summed E-state index contributed by atoms with van der Waals surface area (Å²) in [5, 5.41) is 4.23. The van der Waals surface area contributed by atoms with Crippen LogP contribution in [-0.4, -0.2) is 43.5 Å². The Bertz CT molecular complexity index is 841. The summed E-state index contributed by atoms with van der Waals surface area (Å²) in [6, 6.07) is 9.82. The van der Waals surface area contributed by atoms with E-state index < -0.39 is 0 Å². The number of aromatic nitrogens is 4. The van der Waals surface area contributed by atoms with E-state index in [1.54, 1.807) is 17.3 Å². The van der Waals surface area contributed by atoms with E-state index in [-0.39, 0.29) is 24.1 Å². The summed E-state index contributed by atoms with van der Waals surface area (Å²) in [5.74, 6) is 0.294. The first-order valence-corrected chi connectivity index (χ1v) is 8.38. The predicted octanol–water partition coefficient (Wildman–Crippen LogP) is 2.30. The summed E-state index contributed by atoms with van der Waals surface area (Å²) in [4.78, 5) is 22.9. The van der Waals surface area contributed by atoms with E-state index in [0.717, 1.165) is 16.5 Å². The summed E-state index contributed by atoms with van der Waals surface area (Å²) in [5.41, 5.74) is 6.65. The lowest BCUT2D eigenvalue weighted by atomic mass is 10.2. The molecule has 3 rings (SSSR count). The summed E-state index contributed by atoms with van der Waals surface area (Å²) in [6.45, 7) is 1.56. The van der Waals surface area contributed by atoms with Crippen molar-refractivity contribution in [2.24, 2.45) is 5.73 Å². The number of benzene rings is 1. The second kappa shape index (κ2) is 8.89. The van der Waals surface area contributed by atoms with Crippen molar-refractivity contribution >= 4 is 40.0 Å². The molecule has 2 heterocycles. The Morgan fingerprint density at radius 3 is 2.76 bits per heavy atom. The highest BCUT2D eigenvalue weighted by molar-refractivity contribution is 9.10. The van der Waals surface area contributed by atoms with Crippen LogP contribution >= 0.6 is 28.3 Å². The molecule has 0 aliphatic heterocycles.